The molecule has 7 nitrogen and oxygen atoms in total. The highest BCUT2D eigenvalue weighted by atomic mass is 35.5. The summed E-state index contributed by atoms with van der Waals surface area (Å²) in [5.74, 6) is -0.103. The second-order valence-corrected chi connectivity index (χ2v) is 8.71. The average molecular weight is 499 g/mol. The Hall–Kier alpha value is -3.33. The number of amides is 1. The number of benzene rings is 3. The SMILES string of the molecule is O=C(CSc1ncc(-c2cccc([N+](=O)[O-])c2)n1-c1cccc(Cl)c1)Nc1ccc(Cl)cc1. The molecular weight excluding hydrogens is 483 g/mol. The van der Waals surface area contributed by atoms with Gasteiger partial charge in [-0.3, -0.25) is 19.5 Å². The van der Waals surface area contributed by atoms with Crippen LogP contribution in [-0.2, 0) is 4.79 Å². The lowest BCUT2D eigenvalue weighted by molar-refractivity contribution is -0.384. The summed E-state index contributed by atoms with van der Waals surface area (Å²) in [6.07, 6.45) is 1.62. The van der Waals surface area contributed by atoms with Gasteiger partial charge in [0.2, 0.25) is 5.91 Å². The maximum atomic E-state index is 12.5. The zero-order valence-corrected chi connectivity index (χ0v) is 19.3. The minimum Gasteiger partial charge on any atom is -0.325 e. The highest BCUT2D eigenvalue weighted by Crippen LogP contribution is 2.32. The lowest BCUT2D eigenvalue weighted by atomic mass is 10.1. The summed E-state index contributed by atoms with van der Waals surface area (Å²) < 4.78 is 1.82. The normalized spacial score (nSPS) is 10.7. The summed E-state index contributed by atoms with van der Waals surface area (Å²) in [5.41, 5.74) is 2.60. The molecule has 0 saturated carbocycles. The average Bonchev–Trinajstić information content (AvgIpc) is 3.23. The number of hydrogen-bond acceptors (Lipinski definition) is 5. The fraction of sp³-hybridized carbons (Fsp3) is 0.0435. The number of carbonyl (C=O) groups is 1. The molecule has 0 atom stereocenters. The van der Waals surface area contributed by atoms with Gasteiger partial charge in [0.05, 0.1) is 22.6 Å². The van der Waals surface area contributed by atoms with Crippen LogP contribution < -0.4 is 5.32 Å². The minimum atomic E-state index is -0.444. The van der Waals surface area contributed by atoms with Crippen molar-refractivity contribution in [1.29, 1.82) is 0 Å². The van der Waals surface area contributed by atoms with E-state index in [0.29, 0.717) is 32.1 Å². The van der Waals surface area contributed by atoms with Crippen LogP contribution in [0.4, 0.5) is 11.4 Å². The molecule has 1 aromatic heterocycles. The molecule has 3 aromatic carbocycles. The van der Waals surface area contributed by atoms with Crippen molar-refractivity contribution in [3.05, 3.63) is 99.2 Å². The fourth-order valence-electron chi connectivity index (χ4n) is 3.14. The number of non-ortho nitro benzene ring substituents is 1. The fourth-order valence-corrected chi connectivity index (χ4v) is 4.25. The van der Waals surface area contributed by atoms with Crippen molar-refractivity contribution in [3.63, 3.8) is 0 Å². The van der Waals surface area contributed by atoms with Crippen molar-refractivity contribution in [2.75, 3.05) is 11.1 Å². The van der Waals surface area contributed by atoms with E-state index in [4.69, 9.17) is 23.2 Å². The molecule has 0 bridgehead atoms. The van der Waals surface area contributed by atoms with E-state index in [9.17, 15) is 14.9 Å². The number of anilines is 1. The molecule has 0 aliphatic rings. The van der Waals surface area contributed by atoms with E-state index >= 15 is 0 Å². The molecular formula is C23H16Cl2N4O3S. The number of carbonyl (C=O) groups excluding carboxylic acids is 1. The molecule has 166 valence electrons. The van der Waals surface area contributed by atoms with Gasteiger partial charge in [-0.2, -0.15) is 0 Å². The highest BCUT2D eigenvalue weighted by Gasteiger charge is 2.18. The van der Waals surface area contributed by atoms with Gasteiger partial charge >= 0.3 is 0 Å². The third-order valence-electron chi connectivity index (χ3n) is 4.61. The van der Waals surface area contributed by atoms with Crippen molar-refractivity contribution in [3.8, 4) is 16.9 Å². The molecule has 4 aromatic rings. The van der Waals surface area contributed by atoms with Crippen LogP contribution in [-0.4, -0.2) is 26.1 Å². The maximum Gasteiger partial charge on any atom is 0.270 e. The molecule has 0 unspecified atom stereocenters. The standard InChI is InChI=1S/C23H16Cl2N4O3S/c24-16-7-9-18(10-8-16)27-22(30)14-33-23-26-13-21(15-3-1-6-20(11-15)29(31)32)28(23)19-5-2-4-17(25)12-19/h1-13H,14H2,(H,27,30). The van der Waals surface area contributed by atoms with E-state index < -0.39 is 4.92 Å². The molecule has 33 heavy (non-hydrogen) atoms. The van der Waals surface area contributed by atoms with E-state index in [0.717, 1.165) is 5.69 Å². The quantitative estimate of drug-likeness (QED) is 0.178. The molecule has 0 aliphatic carbocycles. The molecule has 10 heteroatoms. The molecule has 4 rings (SSSR count). The number of nitrogens with zero attached hydrogens (tertiary/aromatic N) is 3. The van der Waals surface area contributed by atoms with E-state index in [2.05, 4.69) is 10.3 Å². The second kappa shape index (κ2) is 10.1. The lowest BCUT2D eigenvalue weighted by Gasteiger charge is -2.12. The number of imidazole rings is 1. The largest absolute Gasteiger partial charge is 0.325 e. The first-order valence-electron chi connectivity index (χ1n) is 9.67. The Morgan fingerprint density at radius 3 is 2.52 bits per heavy atom. The predicted molar refractivity (Wildman–Crippen MR) is 131 cm³/mol. The van der Waals surface area contributed by atoms with Gasteiger partial charge in [0.1, 0.15) is 0 Å². The number of aromatic nitrogens is 2. The topological polar surface area (TPSA) is 90.1 Å². The van der Waals surface area contributed by atoms with E-state index in [1.807, 2.05) is 10.6 Å². The summed E-state index contributed by atoms with van der Waals surface area (Å²) in [4.78, 5) is 27.8. The van der Waals surface area contributed by atoms with Gasteiger partial charge in [0, 0.05) is 39.1 Å². The van der Waals surface area contributed by atoms with E-state index in [-0.39, 0.29) is 17.3 Å². The monoisotopic (exact) mass is 498 g/mol. The molecule has 0 aliphatic heterocycles. The Labute approximate surface area is 203 Å². The summed E-state index contributed by atoms with van der Waals surface area (Å²) >= 11 is 13.3. The summed E-state index contributed by atoms with van der Waals surface area (Å²) in [6.45, 7) is 0. The zero-order chi connectivity index (χ0) is 23.4. The van der Waals surface area contributed by atoms with Crippen molar-refractivity contribution in [2.24, 2.45) is 0 Å². The van der Waals surface area contributed by atoms with E-state index in [1.54, 1.807) is 60.8 Å². The number of nitro benzene ring substituents is 1. The second-order valence-electron chi connectivity index (χ2n) is 6.89. The van der Waals surface area contributed by atoms with Crippen LogP contribution >= 0.6 is 35.0 Å². The Morgan fingerprint density at radius 1 is 1.03 bits per heavy atom. The predicted octanol–water partition coefficient (Wildman–Crippen LogP) is 6.49. The van der Waals surface area contributed by atoms with Crippen molar-refractivity contribution < 1.29 is 9.72 Å². The highest BCUT2D eigenvalue weighted by molar-refractivity contribution is 7.99. The molecule has 1 amide bonds. The molecule has 1 N–H and O–H groups in total. The maximum absolute atomic E-state index is 12.5. The zero-order valence-electron chi connectivity index (χ0n) is 16.9. The number of thioether (sulfide) groups is 1. The van der Waals surface area contributed by atoms with Gasteiger partial charge in [-0.15, -0.1) is 0 Å². The molecule has 0 spiro atoms. The number of rotatable bonds is 7. The number of nitrogens with one attached hydrogen (secondary N) is 1. The van der Waals surface area contributed by atoms with Gasteiger partial charge < -0.3 is 5.32 Å². The first kappa shape index (κ1) is 22.8. The van der Waals surface area contributed by atoms with Crippen LogP contribution in [0.1, 0.15) is 0 Å². The lowest BCUT2D eigenvalue weighted by Crippen LogP contribution is -2.14. The molecule has 1 heterocycles. The van der Waals surface area contributed by atoms with Gasteiger partial charge in [-0.1, -0.05) is 53.2 Å². The van der Waals surface area contributed by atoms with Gasteiger partial charge in [0.25, 0.3) is 5.69 Å². The van der Waals surface area contributed by atoms with Crippen LogP contribution in [0.5, 0.6) is 0 Å². The Kier molecular flexibility index (Phi) is 6.98. The molecule has 0 fully saturated rings. The third-order valence-corrected chi connectivity index (χ3v) is 6.05. The van der Waals surface area contributed by atoms with Crippen LogP contribution in [0.3, 0.4) is 0 Å². The minimum absolute atomic E-state index is 0.0251. The molecule has 0 saturated heterocycles. The Balaban J connectivity index is 1.64. The van der Waals surface area contributed by atoms with E-state index in [1.165, 1.54) is 23.9 Å². The Bertz CT molecular complexity index is 1330. The first-order valence-corrected chi connectivity index (χ1v) is 11.4. The van der Waals surface area contributed by atoms with Crippen molar-refractivity contribution in [1.82, 2.24) is 9.55 Å². The summed E-state index contributed by atoms with van der Waals surface area (Å²) in [6, 6.07) is 20.3. The van der Waals surface area contributed by atoms with Crippen molar-refractivity contribution in [2.45, 2.75) is 5.16 Å². The van der Waals surface area contributed by atoms with Crippen LogP contribution in [0.25, 0.3) is 16.9 Å². The van der Waals surface area contributed by atoms with Gasteiger partial charge in [-0.25, -0.2) is 4.98 Å². The van der Waals surface area contributed by atoms with Crippen LogP contribution in [0.2, 0.25) is 10.0 Å². The number of nitro groups is 1. The Morgan fingerprint density at radius 2 is 1.79 bits per heavy atom. The summed E-state index contributed by atoms with van der Waals surface area (Å²) in [7, 11) is 0. The van der Waals surface area contributed by atoms with Gasteiger partial charge in [0.15, 0.2) is 5.16 Å². The van der Waals surface area contributed by atoms with Crippen LogP contribution in [0.15, 0.2) is 84.1 Å². The molecule has 0 radical (unpaired) electrons. The third kappa shape index (κ3) is 5.54. The van der Waals surface area contributed by atoms with Gasteiger partial charge in [-0.05, 0) is 42.5 Å². The first-order chi connectivity index (χ1) is 15.9. The summed E-state index contributed by atoms with van der Waals surface area (Å²) in [5, 5.41) is 15.7. The smallest absolute Gasteiger partial charge is 0.270 e. The van der Waals surface area contributed by atoms with Crippen LogP contribution in [0, 0.1) is 10.1 Å². The number of hydrogen-bond donors (Lipinski definition) is 1. The number of halogens is 2. The van der Waals surface area contributed by atoms with Crippen molar-refractivity contribution >= 4 is 52.2 Å².